The number of nitrogens with one attached hydrogen (secondary N) is 1. The summed E-state index contributed by atoms with van der Waals surface area (Å²) in [6.45, 7) is 5.90. The molecular weight excluding hydrogens is 196 g/mol. The molecule has 5 heteroatoms. The van der Waals surface area contributed by atoms with Gasteiger partial charge in [0.05, 0.1) is 25.4 Å². The van der Waals surface area contributed by atoms with Crippen molar-refractivity contribution in [1.82, 2.24) is 10.2 Å². The first kappa shape index (κ1) is 10.9. The molecule has 2 aliphatic heterocycles. The number of hydrogen-bond acceptors (Lipinski definition) is 4. The van der Waals surface area contributed by atoms with E-state index < -0.39 is 0 Å². The minimum Gasteiger partial charge on any atom is -0.377 e. The van der Waals surface area contributed by atoms with Crippen LogP contribution in [0.5, 0.6) is 0 Å². The zero-order chi connectivity index (χ0) is 10.7. The van der Waals surface area contributed by atoms with Crippen LogP contribution in [0.25, 0.3) is 0 Å². The van der Waals surface area contributed by atoms with Gasteiger partial charge in [0.2, 0.25) is 5.91 Å². The van der Waals surface area contributed by atoms with E-state index in [9.17, 15) is 4.79 Å². The van der Waals surface area contributed by atoms with E-state index in [-0.39, 0.29) is 24.7 Å². The first-order valence-electron chi connectivity index (χ1n) is 5.47. The summed E-state index contributed by atoms with van der Waals surface area (Å²) in [5.41, 5.74) is 0. The lowest BCUT2D eigenvalue weighted by molar-refractivity contribution is -0.146. The Morgan fingerprint density at radius 2 is 2.40 bits per heavy atom. The zero-order valence-corrected chi connectivity index (χ0v) is 9.07. The first-order valence-corrected chi connectivity index (χ1v) is 5.47. The van der Waals surface area contributed by atoms with E-state index in [2.05, 4.69) is 5.32 Å². The maximum absolute atomic E-state index is 11.8. The predicted molar refractivity (Wildman–Crippen MR) is 54.6 cm³/mol. The molecule has 2 aliphatic rings. The van der Waals surface area contributed by atoms with Crippen molar-refractivity contribution in [2.45, 2.75) is 19.1 Å². The third kappa shape index (κ3) is 2.68. The summed E-state index contributed by atoms with van der Waals surface area (Å²) < 4.78 is 10.7. The highest BCUT2D eigenvalue weighted by Gasteiger charge is 2.25. The van der Waals surface area contributed by atoms with Crippen LogP contribution in [0.2, 0.25) is 0 Å². The molecule has 15 heavy (non-hydrogen) atoms. The summed E-state index contributed by atoms with van der Waals surface area (Å²) in [6, 6.07) is 0.175. The fourth-order valence-electron chi connectivity index (χ4n) is 1.75. The van der Waals surface area contributed by atoms with Crippen LogP contribution < -0.4 is 5.32 Å². The zero-order valence-electron chi connectivity index (χ0n) is 9.07. The van der Waals surface area contributed by atoms with Crippen molar-refractivity contribution in [1.29, 1.82) is 0 Å². The number of carbonyl (C=O) groups excluding carboxylic acids is 1. The monoisotopic (exact) mass is 214 g/mol. The maximum atomic E-state index is 11.8. The summed E-state index contributed by atoms with van der Waals surface area (Å²) in [7, 11) is 0. The molecule has 86 valence electrons. The maximum Gasteiger partial charge on any atom is 0.248 e. The molecular formula is C10H18N2O3. The summed E-state index contributed by atoms with van der Waals surface area (Å²) in [6.07, 6.45) is 0.227. The van der Waals surface area contributed by atoms with Crippen LogP contribution >= 0.6 is 0 Å². The SMILES string of the molecule is CC1COCCN1C(=O)COC1CNC1. The molecule has 0 aromatic rings. The van der Waals surface area contributed by atoms with Crippen LogP contribution in [0.4, 0.5) is 0 Å². The Labute approximate surface area is 89.7 Å². The van der Waals surface area contributed by atoms with Crippen LogP contribution in [0.15, 0.2) is 0 Å². The highest BCUT2D eigenvalue weighted by molar-refractivity contribution is 5.77. The van der Waals surface area contributed by atoms with E-state index in [4.69, 9.17) is 9.47 Å². The molecule has 1 amide bonds. The van der Waals surface area contributed by atoms with E-state index in [0.717, 1.165) is 13.1 Å². The summed E-state index contributed by atoms with van der Waals surface area (Å²) in [5, 5.41) is 3.10. The number of rotatable bonds is 3. The van der Waals surface area contributed by atoms with Crippen LogP contribution in [0, 0.1) is 0 Å². The third-order valence-electron chi connectivity index (χ3n) is 2.87. The number of amides is 1. The van der Waals surface area contributed by atoms with Gasteiger partial charge in [0.25, 0.3) is 0 Å². The number of carbonyl (C=O) groups is 1. The highest BCUT2D eigenvalue weighted by Crippen LogP contribution is 2.07. The van der Waals surface area contributed by atoms with Crippen LogP contribution in [-0.4, -0.2) is 62.4 Å². The van der Waals surface area contributed by atoms with E-state index in [1.165, 1.54) is 0 Å². The fraction of sp³-hybridized carbons (Fsp3) is 0.900. The van der Waals surface area contributed by atoms with Crippen molar-refractivity contribution in [3.8, 4) is 0 Å². The Kier molecular flexibility index (Phi) is 3.56. The van der Waals surface area contributed by atoms with Crippen molar-refractivity contribution in [3.63, 3.8) is 0 Å². The van der Waals surface area contributed by atoms with Gasteiger partial charge < -0.3 is 19.7 Å². The second kappa shape index (κ2) is 4.92. The Morgan fingerprint density at radius 1 is 1.60 bits per heavy atom. The van der Waals surface area contributed by atoms with Gasteiger partial charge in [-0.25, -0.2) is 0 Å². The van der Waals surface area contributed by atoms with Crippen molar-refractivity contribution >= 4 is 5.91 Å². The molecule has 1 atom stereocenters. The van der Waals surface area contributed by atoms with Gasteiger partial charge in [-0.3, -0.25) is 4.79 Å². The second-order valence-electron chi connectivity index (χ2n) is 4.10. The van der Waals surface area contributed by atoms with Gasteiger partial charge in [0.15, 0.2) is 0 Å². The van der Waals surface area contributed by atoms with Crippen molar-refractivity contribution < 1.29 is 14.3 Å². The van der Waals surface area contributed by atoms with E-state index >= 15 is 0 Å². The first-order chi connectivity index (χ1) is 7.27. The Hall–Kier alpha value is -0.650. The van der Waals surface area contributed by atoms with E-state index in [1.54, 1.807) is 0 Å². The van der Waals surface area contributed by atoms with E-state index in [1.807, 2.05) is 11.8 Å². The molecule has 0 spiro atoms. The third-order valence-corrected chi connectivity index (χ3v) is 2.87. The average Bonchev–Trinajstić information content (AvgIpc) is 2.16. The molecule has 0 aromatic carbocycles. The normalized spacial score (nSPS) is 27.5. The smallest absolute Gasteiger partial charge is 0.248 e. The average molecular weight is 214 g/mol. The molecule has 1 N–H and O–H groups in total. The number of ether oxygens (including phenoxy) is 2. The highest BCUT2D eigenvalue weighted by atomic mass is 16.5. The second-order valence-corrected chi connectivity index (χ2v) is 4.10. The van der Waals surface area contributed by atoms with Crippen LogP contribution in [0.3, 0.4) is 0 Å². The molecule has 0 saturated carbocycles. The lowest BCUT2D eigenvalue weighted by Gasteiger charge is -2.34. The molecule has 0 aromatic heterocycles. The van der Waals surface area contributed by atoms with Gasteiger partial charge in [-0.05, 0) is 6.92 Å². The molecule has 0 aliphatic carbocycles. The quantitative estimate of drug-likeness (QED) is 0.670. The molecule has 2 rings (SSSR count). The predicted octanol–water partition coefficient (Wildman–Crippen LogP) is -0.778. The van der Waals surface area contributed by atoms with Gasteiger partial charge in [0, 0.05) is 19.6 Å². The molecule has 2 heterocycles. The van der Waals surface area contributed by atoms with Gasteiger partial charge in [0.1, 0.15) is 6.61 Å². The lowest BCUT2D eigenvalue weighted by atomic mass is 10.2. The van der Waals surface area contributed by atoms with Gasteiger partial charge in [-0.15, -0.1) is 0 Å². The summed E-state index contributed by atoms with van der Waals surface area (Å²) in [5.74, 6) is 0.0812. The summed E-state index contributed by atoms with van der Waals surface area (Å²) >= 11 is 0. The van der Waals surface area contributed by atoms with E-state index in [0.29, 0.717) is 19.8 Å². The molecule has 1 unspecified atom stereocenters. The van der Waals surface area contributed by atoms with Gasteiger partial charge in [-0.1, -0.05) is 0 Å². The van der Waals surface area contributed by atoms with Gasteiger partial charge in [-0.2, -0.15) is 0 Å². The summed E-state index contributed by atoms with van der Waals surface area (Å²) in [4.78, 5) is 13.6. The molecule has 2 saturated heterocycles. The van der Waals surface area contributed by atoms with Crippen molar-refractivity contribution in [2.24, 2.45) is 0 Å². The largest absolute Gasteiger partial charge is 0.377 e. The Balaban J connectivity index is 1.73. The molecule has 0 bridgehead atoms. The van der Waals surface area contributed by atoms with Crippen molar-refractivity contribution in [2.75, 3.05) is 39.5 Å². The standard InChI is InChI=1S/C10H18N2O3/c1-8-6-14-3-2-12(8)10(13)7-15-9-4-11-5-9/h8-9,11H,2-7H2,1H3. The van der Waals surface area contributed by atoms with Crippen LogP contribution in [-0.2, 0) is 14.3 Å². The number of hydrogen-bond donors (Lipinski definition) is 1. The molecule has 0 radical (unpaired) electrons. The number of morpholine rings is 1. The fourth-order valence-corrected chi connectivity index (χ4v) is 1.75. The Bertz CT molecular complexity index is 231. The Morgan fingerprint density at radius 3 is 3.00 bits per heavy atom. The molecule has 5 nitrogen and oxygen atoms in total. The minimum absolute atomic E-state index is 0.0812. The lowest BCUT2D eigenvalue weighted by Crippen LogP contribution is -2.52. The van der Waals surface area contributed by atoms with Crippen molar-refractivity contribution in [3.05, 3.63) is 0 Å². The van der Waals surface area contributed by atoms with Crippen LogP contribution in [0.1, 0.15) is 6.92 Å². The topological polar surface area (TPSA) is 50.8 Å². The number of nitrogens with zero attached hydrogens (tertiary/aromatic N) is 1. The van der Waals surface area contributed by atoms with Gasteiger partial charge >= 0.3 is 0 Å². The molecule has 2 fully saturated rings. The minimum atomic E-state index is 0.0812.